The second kappa shape index (κ2) is 8.93. The summed E-state index contributed by atoms with van der Waals surface area (Å²) in [5.41, 5.74) is 2.42. The highest BCUT2D eigenvalue weighted by Crippen LogP contribution is 2.25. The van der Waals surface area contributed by atoms with E-state index >= 15 is 0 Å². The molecular formula is C23H26N4O2S. The molecule has 2 N–H and O–H groups in total. The van der Waals surface area contributed by atoms with Gasteiger partial charge >= 0.3 is 0 Å². The first kappa shape index (κ1) is 20.5. The number of rotatable bonds is 5. The number of carbonyl (C=O) groups excluding carboxylic acids is 2. The number of thioether (sulfide) groups is 1. The number of aromatic amines is 1. The lowest BCUT2D eigenvalue weighted by atomic mass is 10.2. The van der Waals surface area contributed by atoms with E-state index in [-0.39, 0.29) is 17.9 Å². The predicted octanol–water partition coefficient (Wildman–Crippen LogP) is 3.67. The summed E-state index contributed by atoms with van der Waals surface area (Å²) in [5.74, 6) is -0.0104. The Bertz CT molecular complexity index is 1020. The van der Waals surface area contributed by atoms with E-state index in [0.29, 0.717) is 31.9 Å². The Morgan fingerprint density at radius 2 is 1.73 bits per heavy atom. The van der Waals surface area contributed by atoms with Crippen LogP contribution in [0.15, 0.2) is 59.5 Å². The van der Waals surface area contributed by atoms with Crippen LogP contribution in [0.1, 0.15) is 17.4 Å². The zero-order valence-corrected chi connectivity index (χ0v) is 18.0. The number of nitrogens with one attached hydrogen (secondary N) is 2. The van der Waals surface area contributed by atoms with Crippen LogP contribution >= 0.6 is 11.8 Å². The molecule has 0 saturated carbocycles. The van der Waals surface area contributed by atoms with Gasteiger partial charge in [0.05, 0.1) is 11.7 Å². The average Bonchev–Trinajstić information content (AvgIpc) is 3.23. The minimum atomic E-state index is -0.259. The second-order valence-corrected chi connectivity index (χ2v) is 8.31. The highest BCUT2D eigenvalue weighted by molar-refractivity contribution is 7.98. The Balaban J connectivity index is 1.35. The van der Waals surface area contributed by atoms with Gasteiger partial charge in [-0.15, -0.1) is 11.8 Å². The monoisotopic (exact) mass is 422 g/mol. The van der Waals surface area contributed by atoms with Gasteiger partial charge in [0.15, 0.2) is 0 Å². The van der Waals surface area contributed by atoms with Gasteiger partial charge in [0.2, 0.25) is 5.91 Å². The van der Waals surface area contributed by atoms with Crippen LogP contribution in [0.5, 0.6) is 0 Å². The number of fused-ring (bicyclic) bond motifs is 1. The molecule has 2 amide bonds. The number of piperazine rings is 1. The molecule has 156 valence electrons. The van der Waals surface area contributed by atoms with Gasteiger partial charge < -0.3 is 15.2 Å². The van der Waals surface area contributed by atoms with Crippen molar-refractivity contribution < 1.29 is 9.59 Å². The maximum atomic E-state index is 12.9. The average molecular weight is 423 g/mol. The van der Waals surface area contributed by atoms with E-state index < -0.39 is 0 Å². The van der Waals surface area contributed by atoms with Gasteiger partial charge in [-0.05, 0) is 37.4 Å². The first-order valence-corrected chi connectivity index (χ1v) is 11.3. The van der Waals surface area contributed by atoms with Crippen LogP contribution in [0.4, 0.5) is 5.69 Å². The SMILES string of the molecule is CSc1ccccc1NC(=O)C(C)N1CCN(C(=O)c2cc3ccccc3[nH]2)CC1. The Hall–Kier alpha value is -2.77. The van der Waals surface area contributed by atoms with Crippen molar-refractivity contribution in [3.63, 3.8) is 0 Å². The minimum Gasteiger partial charge on any atom is -0.351 e. The molecule has 0 bridgehead atoms. The number of hydrogen-bond acceptors (Lipinski definition) is 4. The number of H-pyrrole nitrogens is 1. The van der Waals surface area contributed by atoms with Crippen molar-refractivity contribution in [1.29, 1.82) is 0 Å². The van der Waals surface area contributed by atoms with Gasteiger partial charge in [0.1, 0.15) is 5.69 Å². The number of amides is 2. The quantitative estimate of drug-likeness (QED) is 0.616. The van der Waals surface area contributed by atoms with Crippen molar-refractivity contribution in [2.45, 2.75) is 17.9 Å². The number of benzene rings is 2. The summed E-state index contributed by atoms with van der Waals surface area (Å²) in [6.07, 6.45) is 2.00. The molecule has 0 aliphatic carbocycles. The molecule has 1 aromatic heterocycles. The van der Waals surface area contributed by atoms with Gasteiger partial charge in [0, 0.05) is 42.0 Å². The van der Waals surface area contributed by atoms with E-state index in [9.17, 15) is 9.59 Å². The lowest BCUT2D eigenvalue weighted by molar-refractivity contribution is -0.121. The first-order chi connectivity index (χ1) is 14.6. The molecule has 1 aliphatic rings. The highest BCUT2D eigenvalue weighted by Gasteiger charge is 2.28. The van der Waals surface area contributed by atoms with Crippen molar-refractivity contribution in [1.82, 2.24) is 14.8 Å². The molecule has 1 unspecified atom stereocenters. The predicted molar refractivity (Wildman–Crippen MR) is 122 cm³/mol. The van der Waals surface area contributed by atoms with Gasteiger partial charge in [-0.2, -0.15) is 0 Å². The van der Waals surface area contributed by atoms with Crippen molar-refractivity contribution in [3.8, 4) is 0 Å². The number of hydrogen-bond donors (Lipinski definition) is 2. The van der Waals surface area contributed by atoms with Crippen LogP contribution in [0, 0.1) is 0 Å². The van der Waals surface area contributed by atoms with E-state index in [1.54, 1.807) is 11.8 Å². The van der Waals surface area contributed by atoms with Crippen molar-refractivity contribution in [3.05, 3.63) is 60.3 Å². The summed E-state index contributed by atoms with van der Waals surface area (Å²) in [6, 6.07) is 17.3. The van der Waals surface area contributed by atoms with Crippen LogP contribution in [0.2, 0.25) is 0 Å². The van der Waals surface area contributed by atoms with Crippen molar-refractivity contribution in [2.24, 2.45) is 0 Å². The second-order valence-electron chi connectivity index (χ2n) is 7.46. The molecule has 6 nitrogen and oxygen atoms in total. The molecule has 1 saturated heterocycles. The fraction of sp³-hybridized carbons (Fsp3) is 0.304. The number of para-hydroxylation sites is 2. The number of carbonyl (C=O) groups is 2. The fourth-order valence-electron chi connectivity index (χ4n) is 3.82. The van der Waals surface area contributed by atoms with Crippen LogP contribution in [0.3, 0.4) is 0 Å². The van der Waals surface area contributed by atoms with Crippen molar-refractivity contribution in [2.75, 3.05) is 37.8 Å². The molecule has 7 heteroatoms. The van der Waals surface area contributed by atoms with E-state index in [0.717, 1.165) is 21.5 Å². The third kappa shape index (κ3) is 4.22. The molecular weight excluding hydrogens is 396 g/mol. The standard InChI is InChI=1S/C23H26N4O2S/c1-16(22(28)25-19-9-5-6-10-21(19)30-2)26-11-13-27(14-12-26)23(29)20-15-17-7-3-4-8-18(17)24-20/h3-10,15-16,24H,11-14H2,1-2H3,(H,25,28). The fourth-order valence-corrected chi connectivity index (χ4v) is 4.38. The molecule has 1 fully saturated rings. The lowest BCUT2D eigenvalue weighted by Gasteiger charge is -2.37. The van der Waals surface area contributed by atoms with E-state index in [1.165, 1.54) is 0 Å². The number of anilines is 1. The summed E-state index contributed by atoms with van der Waals surface area (Å²) in [6.45, 7) is 4.47. The summed E-state index contributed by atoms with van der Waals surface area (Å²) < 4.78 is 0. The zero-order chi connectivity index (χ0) is 21.1. The van der Waals surface area contributed by atoms with Crippen LogP contribution in [0.25, 0.3) is 10.9 Å². The lowest BCUT2D eigenvalue weighted by Crippen LogP contribution is -2.54. The molecule has 1 aliphatic heterocycles. The maximum absolute atomic E-state index is 12.9. The maximum Gasteiger partial charge on any atom is 0.270 e. The zero-order valence-electron chi connectivity index (χ0n) is 17.2. The molecule has 1 atom stereocenters. The third-order valence-corrected chi connectivity index (χ3v) is 6.45. The first-order valence-electron chi connectivity index (χ1n) is 10.1. The van der Waals surface area contributed by atoms with E-state index in [1.807, 2.05) is 72.7 Å². The Morgan fingerprint density at radius 1 is 1.03 bits per heavy atom. The Kier molecular flexibility index (Phi) is 6.11. The molecule has 0 radical (unpaired) electrons. The van der Waals surface area contributed by atoms with Gasteiger partial charge in [-0.1, -0.05) is 30.3 Å². The molecule has 0 spiro atoms. The molecule has 2 aromatic carbocycles. The highest BCUT2D eigenvalue weighted by atomic mass is 32.2. The third-order valence-electron chi connectivity index (χ3n) is 5.65. The van der Waals surface area contributed by atoms with Gasteiger partial charge in [0.25, 0.3) is 5.91 Å². The van der Waals surface area contributed by atoms with Gasteiger partial charge in [-0.25, -0.2) is 0 Å². The Morgan fingerprint density at radius 3 is 2.47 bits per heavy atom. The van der Waals surface area contributed by atoms with Gasteiger partial charge in [-0.3, -0.25) is 14.5 Å². The smallest absolute Gasteiger partial charge is 0.270 e. The summed E-state index contributed by atoms with van der Waals surface area (Å²) in [5, 5.41) is 4.08. The summed E-state index contributed by atoms with van der Waals surface area (Å²) >= 11 is 1.61. The molecule has 3 aromatic rings. The van der Waals surface area contributed by atoms with E-state index in [2.05, 4.69) is 15.2 Å². The summed E-state index contributed by atoms with van der Waals surface area (Å²) in [4.78, 5) is 33.9. The van der Waals surface area contributed by atoms with E-state index in [4.69, 9.17) is 0 Å². The van der Waals surface area contributed by atoms with Crippen LogP contribution < -0.4 is 5.32 Å². The minimum absolute atomic E-state index is 0.0110. The Labute approximate surface area is 180 Å². The molecule has 4 rings (SSSR count). The van der Waals surface area contributed by atoms with Crippen molar-refractivity contribution >= 4 is 40.2 Å². The molecule has 2 heterocycles. The van der Waals surface area contributed by atoms with Crippen LogP contribution in [-0.2, 0) is 4.79 Å². The number of aromatic nitrogens is 1. The summed E-state index contributed by atoms with van der Waals surface area (Å²) in [7, 11) is 0. The largest absolute Gasteiger partial charge is 0.351 e. The molecule has 30 heavy (non-hydrogen) atoms. The topological polar surface area (TPSA) is 68.4 Å². The van der Waals surface area contributed by atoms with Crippen LogP contribution in [-0.4, -0.2) is 65.1 Å². The normalized spacial score (nSPS) is 15.9. The number of nitrogens with zero attached hydrogens (tertiary/aromatic N) is 2.